The van der Waals surface area contributed by atoms with Gasteiger partial charge in [0.1, 0.15) is 0 Å². The van der Waals surface area contributed by atoms with Crippen LogP contribution < -0.4 is 5.73 Å². The number of rotatable bonds is 1. The molecule has 3 rings (SSSR count). The molecule has 2 heteroatoms. The normalized spacial score (nSPS) is 25.1. The van der Waals surface area contributed by atoms with Gasteiger partial charge in [-0.05, 0) is 36.5 Å². The summed E-state index contributed by atoms with van der Waals surface area (Å²) in [5, 5.41) is 1.29. The number of pyridine rings is 1. The van der Waals surface area contributed by atoms with Crippen LogP contribution in [-0.2, 0) is 0 Å². The van der Waals surface area contributed by atoms with Crippen LogP contribution in [0.1, 0.15) is 24.3 Å². The van der Waals surface area contributed by atoms with E-state index in [2.05, 4.69) is 29.2 Å². The minimum atomic E-state index is 0.405. The van der Waals surface area contributed by atoms with Gasteiger partial charge in [0.05, 0.1) is 5.52 Å². The summed E-state index contributed by atoms with van der Waals surface area (Å²) >= 11 is 0. The van der Waals surface area contributed by atoms with Crippen molar-refractivity contribution in [1.82, 2.24) is 4.98 Å². The maximum absolute atomic E-state index is 5.83. The van der Waals surface area contributed by atoms with Gasteiger partial charge in [-0.25, -0.2) is 0 Å². The Kier molecular flexibility index (Phi) is 1.96. The van der Waals surface area contributed by atoms with Gasteiger partial charge in [-0.15, -0.1) is 0 Å². The molecule has 76 valence electrons. The fourth-order valence-corrected chi connectivity index (χ4v) is 2.39. The third-order valence-corrected chi connectivity index (χ3v) is 3.30. The van der Waals surface area contributed by atoms with Gasteiger partial charge in [0, 0.05) is 17.6 Å². The van der Waals surface area contributed by atoms with E-state index in [1.165, 1.54) is 10.9 Å². The summed E-state index contributed by atoms with van der Waals surface area (Å²) in [6.45, 7) is 0. The highest BCUT2D eigenvalue weighted by Crippen LogP contribution is 2.38. The Bertz CT molecular complexity index is 481. The number of hydrogen-bond donors (Lipinski definition) is 1. The van der Waals surface area contributed by atoms with Gasteiger partial charge in [0.25, 0.3) is 0 Å². The second-order valence-corrected chi connectivity index (χ2v) is 4.35. The van der Waals surface area contributed by atoms with Crippen molar-refractivity contribution < 1.29 is 0 Å². The maximum Gasteiger partial charge on any atom is 0.0704 e. The Morgan fingerprint density at radius 2 is 1.93 bits per heavy atom. The van der Waals surface area contributed by atoms with E-state index in [-0.39, 0.29) is 0 Å². The molecule has 0 aliphatic heterocycles. The van der Waals surface area contributed by atoms with Gasteiger partial charge < -0.3 is 5.73 Å². The van der Waals surface area contributed by atoms with Gasteiger partial charge >= 0.3 is 0 Å². The molecule has 0 unspecified atom stereocenters. The highest BCUT2D eigenvalue weighted by atomic mass is 14.7. The van der Waals surface area contributed by atoms with Gasteiger partial charge in [-0.2, -0.15) is 0 Å². The quantitative estimate of drug-likeness (QED) is 0.764. The largest absolute Gasteiger partial charge is 0.328 e. The summed E-state index contributed by atoms with van der Waals surface area (Å²) < 4.78 is 0. The van der Waals surface area contributed by atoms with Crippen molar-refractivity contribution in [2.45, 2.75) is 24.8 Å². The van der Waals surface area contributed by atoms with E-state index in [0.717, 1.165) is 18.4 Å². The highest BCUT2D eigenvalue weighted by molar-refractivity contribution is 5.82. The van der Waals surface area contributed by atoms with Crippen molar-refractivity contribution >= 4 is 10.9 Å². The second-order valence-electron chi connectivity index (χ2n) is 4.35. The van der Waals surface area contributed by atoms with E-state index in [0.29, 0.717) is 12.0 Å². The van der Waals surface area contributed by atoms with E-state index >= 15 is 0 Å². The molecule has 1 aromatic heterocycles. The summed E-state index contributed by atoms with van der Waals surface area (Å²) in [5.74, 6) is 0.646. The Labute approximate surface area is 89.1 Å². The number of fused-ring (bicyclic) bond motifs is 1. The zero-order valence-corrected chi connectivity index (χ0v) is 8.56. The van der Waals surface area contributed by atoms with Crippen molar-refractivity contribution in [1.29, 1.82) is 0 Å². The molecule has 2 N–H and O–H groups in total. The van der Waals surface area contributed by atoms with Gasteiger partial charge in [-0.1, -0.05) is 18.2 Å². The van der Waals surface area contributed by atoms with E-state index in [4.69, 9.17) is 5.73 Å². The lowest BCUT2D eigenvalue weighted by atomic mass is 9.75. The smallest absolute Gasteiger partial charge is 0.0704 e. The standard InChI is InChI=1S/C13H14N2/c14-10-7-9(8-10)11-5-6-15-13-4-2-1-3-12(11)13/h1-6,9-10H,7-8,14H2. The van der Waals surface area contributed by atoms with Crippen LogP contribution in [0.25, 0.3) is 10.9 Å². The lowest BCUT2D eigenvalue weighted by Crippen LogP contribution is -2.34. The van der Waals surface area contributed by atoms with Crippen LogP contribution in [0, 0.1) is 0 Å². The van der Waals surface area contributed by atoms with E-state index < -0.39 is 0 Å². The van der Waals surface area contributed by atoms with Crippen molar-refractivity contribution in [3.05, 3.63) is 42.1 Å². The van der Waals surface area contributed by atoms with E-state index in [9.17, 15) is 0 Å². The Morgan fingerprint density at radius 3 is 2.73 bits per heavy atom. The lowest BCUT2D eigenvalue weighted by molar-refractivity contribution is 0.353. The fourth-order valence-electron chi connectivity index (χ4n) is 2.39. The average Bonchev–Trinajstić information content (AvgIpc) is 2.24. The Balaban J connectivity index is 2.10. The molecule has 1 fully saturated rings. The predicted molar refractivity (Wildman–Crippen MR) is 61.7 cm³/mol. The van der Waals surface area contributed by atoms with Crippen molar-refractivity contribution in [2.75, 3.05) is 0 Å². The molecule has 1 aliphatic carbocycles. The summed E-state index contributed by atoms with van der Waals surface area (Å²) in [6.07, 6.45) is 4.14. The molecule has 0 saturated heterocycles. The van der Waals surface area contributed by atoms with Crippen molar-refractivity contribution in [2.24, 2.45) is 5.73 Å². The van der Waals surface area contributed by atoms with Crippen LogP contribution in [-0.4, -0.2) is 11.0 Å². The third-order valence-electron chi connectivity index (χ3n) is 3.30. The molecule has 0 amide bonds. The van der Waals surface area contributed by atoms with Gasteiger partial charge in [0.15, 0.2) is 0 Å². The molecule has 1 saturated carbocycles. The third kappa shape index (κ3) is 1.41. The minimum absolute atomic E-state index is 0.405. The first-order chi connectivity index (χ1) is 7.34. The van der Waals surface area contributed by atoms with Crippen LogP contribution in [0.2, 0.25) is 0 Å². The van der Waals surface area contributed by atoms with Crippen molar-refractivity contribution in [3.63, 3.8) is 0 Å². The number of nitrogens with two attached hydrogens (primary N) is 1. The first-order valence-electron chi connectivity index (χ1n) is 5.44. The zero-order chi connectivity index (χ0) is 10.3. The molecule has 0 atom stereocenters. The molecule has 15 heavy (non-hydrogen) atoms. The van der Waals surface area contributed by atoms with Crippen molar-refractivity contribution in [3.8, 4) is 0 Å². The molecular weight excluding hydrogens is 184 g/mol. The Hall–Kier alpha value is -1.41. The SMILES string of the molecule is NC1CC(c2ccnc3ccccc23)C1. The van der Waals surface area contributed by atoms with E-state index in [1.807, 2.05) is 12.3 Å². The molecule has 1 aromatic carbocycles. The minimum Gasteiger partial charge on any atom is -0.328 e. The molecule has 0 spiro atoms. The summed E-state index contributed by atoms with van der Waals surface area (Å²) in [7, 11) is 0. The molecule has 1 heterocycles. The topological polar surface area (TPSA) is 38.9 Å². The van der Waals surface area contributed by atoms with Gasteiger partial charge in [0.2, 0.25) is 0 Å². The number of nitrogens with zero attached hydrogens (tertiary/aromatic N) is 1. The molecule has 2 nitrogen and oxygen atoms in total. The Morgan fingerprint density at radius 1 is 1.13 bits per heavy atom. The molecular formula is C13H14N2. The number of hydrogen-bond acceptors (Lipinski definition) is 2. The maximum atomic E-state index is 5.83. The molecule has 0 radical (unpaired) electrons. The first kappa shape index (κ1) is 8.86. The first-order valence-corrected chi connectivity index (χ1v) is 5.44. The fraction of sp³-hybridized carbons (Fsp3) is 0.308. The zero-order valence-electron chi connectivity index (χ0n) is 8.56. The lowest BCUT2D eigenvalue weighted by Gasteiger charge is -2.33. The average molecular weight is 198 g/mol. The van der Waals surface area contributed by atoms with Crippen LogP contribution in [0.4, 0.5) is 0 Å². The van der Waals surface area contributed by atoms with Crippen LogP contribution in [0.5, 0.6) is 0 Å². The highest BCUT2D eigenvalue weighted by Gasteiger charge is 2.28. The molecule has 2 aromatic rings. The predicted octanol–water partition coefficient (Wildman–Crippen LogP) is 2.44. The number of benzene rings is 1. The monoisotopic (exact) mass is 198 g/mol. The van der Waals surface area contributed by atoms with Crippen LogP contribution >= 0.6 is 0 Å². The summed E-state index contributed by atoms with van der Waals surface area (Å²) in [6, 6.07) is 10.9. The molecule has 0 bridgehead atoms. The number of para-hydroxylation sites is 1. The number of aromatic nitrogens is 1. The summed E-state index contributed by atoms with van der Waals surface area (Å²) in [5.41, 5.74) is 8.35. The van der Waals surface area contributed by atoms with Gasteiger partial charge in [-0.3, -0.25) is 4.98 Å². The molecule has 1 aliphatic rings. The summed E-state index contributed by atoms with van der Waals surface area (Å²) in [4.78, 5) is 4.37. The van der Waals surface area contributed by atoms with Crippen LogP contribution in [0.3, 0.4) is 0 Å². The van der Waals surface area contributed by atoms with E-state index in [1.54, 1.807) is 0 Å². The van der Waals surface area contributed by atoms with Crippen LogP contribution in [0.15, 0.2) is 36.5 Å². The second kappa shape index (κ2) is 3.31.